The summed E-state index contributed by atoms with van der Waals surface area (Å²) in [6.45, 7) is 5.80. The largest absolute Gasteiger partial charge is 0.497 e. The summed E-state index contributed by atoms with van der Waals surface area (Å²) >= 11 is 1.22. The van der Waals surface area contributed by atoms with E-state index in [1.165, 1.54) is 23.2 Å². The Labute approximate surface area is 176 Å². The molecule has 0 N–H and O–H groups in total. The molecule has 0 spiro atoms. The van der Waals surface area contributed by atoms with Crippen molar-refractivity contribution < 1.29 is 23.2 Å². The molecule has 1 aromatic heterocycles. The van der Waals surface area contributed by atoms with Gasteiger partial charge in [0.25, 0.3) is 0 Å². The lowest BCUT2D eigenvalue weighted by Crippen LogP contribution is -2.42. The zero-order valence-electron chi connectivity index (χ0n) is 17.8. The number of hydrogen-bond acceptors (Lipinski definition) is 7. The number of aromatic nitrogens is 1. The van der Waals surface area contributed by atoms with Gasteiger partial charge in [-0.2, -0.15) is 0 Å². The van der Waals surface area contributed by atoms with Gasteiger partial charge in [-0.1, -0.05) is 0 Å². The number of hydrogen-bond donors (Lipinski definition) is 0. The number of methoxy groups -OCH3 is 1. The predicted molar refractivity (Wildman–Crippen MR) is 114 cm³/mol. The standard InChI is InChI=1S/C21H30N2O5S/c1-21(2,20(24)28-17-12-26-13-17)14-27-29-23-11-15(8-9-22(3)4)18-7-6-16(25-5)10-19(18)23/h6-7,10-11,17H,8-9,12-14H2,1-5H3. The molecule has 160 valence electrons. The van der Waals surface area contributed by atoms with Crippen LogP contribution < -0.4 is 4.74 Å². The molecule has 0 radical (unpaired) electrons. The van der Waals surface area contributed by atoms with Crippen LogP contribution in [0.4, 0.5) is 0 Å². The number of benzene rings is 1. The van der Waals surface area contributed by atoms with E-state index >= 15 is 0 Å². The Hall–Kier alpha value is -1.74. The highest BCUT2D eigenvalue weighted by atomic mass is 32.2. The van der Waals surface area contributed by atoms with E-state index in [0.717, 1.165) is 24.2 Å². The zero-order chi connectivity index (χ0) is 21.0. The van der Waals surface area contributed by atoms with Gasteiger partial charge in [0.15, 0.2) is 0 Å². The monoisotopic (exact) mass is 422 g/mol. The van der Waals surface area contributed by atoms with Gasteiger partial charge in [0.2, 0.25) is 0 Å². The Morgan fingerprint density at radius 3 is 2.72 bits per heavy atom. The number of rotatable bonds is 10. The van der Waals surface area contributed by atoms with E-state index in [9.17, 15) is 4.79 Å². The first-order valence-corrected chi connectivity index (χ1v) is 10.4. The number of carbonyl (C=O) groups is 1. The molecule has 3 rings (SSSR count). The lowest BCUT2D eigenvalue weighted by molar-refractivity contribution is -0.182. The third-order valence-electron chi connectivity index (χ3n) is 4.88. The fraction of sp³-hybridized carbons (Fsp3) is 0.571. The lowest BCUT2D eigenvalue weighted by Gasteiger charge is -2.30. The molecule has 7 nitrogen and oxygen atoms in total. The summed E-state index contributed by atoms with van der Waals surface area (Å²) in [6.07, 6.45) is 2.90. The molecule has 0 aliphatic carbocycles. The van der Waals surface area contributed by atoms with Crippen LogP contribution in [0.15, 0.2) is 24.4 Å². The maximum atomic E-state index is 12.4. The topological polar surface area (TPSA) is 62.2 Å². The predicted octanol–water partition coefficient (Wildman–Crippen LogP) is 3.15. The molecule has 1 fully saturated rings. The van der Waals surface area contributed by atoms with Gasteiger partial charge in [-0.15, -0.1) is 0 Å². The van der Waals surface area contributed by atoms with Gasteiger partial charge < -0.3 is 19.1 Å². The summed E-state index contributed by atoms with van der Waals surface area (Å²) < 4.78 is 23.7. The smallest absolute Gasteiger partial charge is 0.314 e. The molecule has 0 atom stereocenters. The van der Waals surface area contributed by atoms with Gasteiger partial charge in [0.05, 0.1) is 37.9 Å². The molecule has 0 saturated carbocycles. The first kappa shape index (κ1) is 22.0. The van der Waals surface area contributed by atoms with Crippen molar-refractivity contribution in [3.05, 3.63) is 30.0 Å². The van der Waals surface area contributed by atoms with Crippen LogP contribution in [0, 0.1) is 5.41 Å². The number of ether oxygens (including phenoxy) is 3. The first-order chi connectivity index (χ1) is 13.8. The lowest BCUT2D eigenvalue weighted by atomic mass is 9.95. The third-order valence-corrected chi connectivity index (χ3v) is 5.56. The highest BCUT2D eigenvalue weighted by Crippen LogP contribution is 2.31. The maximum Gasteiger partial charge on any atom is 0.314 e. The average molecular weight is 423 g/mol. The van der Waals surface area contributed by atoms with Crippen molar-refractivity contribution in [3.8, 4) is 5.75 Å². The summed E-state index contributed by atoms with van der Waals surface area (Å²) in [7, 11) is 5.79. The Bertz CT molecular complexity index is 845. The van der Waals surface area contributed by atoms with Crippen molar-refractivity contribution in [1.82, 2.24) is 8.87 Å². The number of fused-ring (bicyclic) bond motifs is 1. The molecular weight excluding hydrogens is 392 g/mol. The van der Waals surface area contributed by atoms with E-state index in [0.29, 0.717) is 13.2 Å². The summed E-state index contributed by atoms with van der Waals surface area (Å²) in [5.74, 6) is 0.528. The van der Waals surface area contributed by atoms with Crippen molar-refractivity contribution in [2.75, 3.05) is 47.6 Å². The minimum atomic E-state index is -0.739. The molecule has 0 amide bonds. The van der Waals surface area contributed by atoms with Crippen LogP contribution in [0.5, 0.6) is 5.75 Å². The molecule has 1 aliphatic rings. The summed E-state index contributed by atoms with van der Waals surface area (Å²) in [5, 5.41) is 1.17. The Morgan fingerprint density at radius 1 is 1.34 bits per heavy atom. The van der Waals surface area contributed by atoms with Gasteiger partial charge in [-0.05, 0) is 52.1 Å². The number of likely N-dealkylation sites (N-methyl/N-ethyl adjacent to an activating group) is 1. The van der Waals surface area contributed by atoms with E-state index < -0.39 is 5.41 Å². The van der Waals surface area contributed by atoms with Crippen molar-refractivity contribution >= 4 is 29.1 Å². The SMILES string of the molecule is COc1ccc2c(CCN(C)C)cn(SOCC(C)(C)C(=O)OC3COC3)c2c1. The molecule has 29 heavy (non-hydrogen) atoms. The summed E-state index contributed by atoms with van der Waals surface area (Å²) in [6, 6.07) is 6.06. The fourth-order valence-electron chi connectivity index (χ4n) is 2.86. The van der Waals surface area contributed by atoms with Crippen molar-refractivity contribution in [2.24, 2.45) is 5.41 Å². The second-order valence-electron chi connectivity index (χ2n) is 8.20. The second kappa shape index (κ2) is 9.38. The van der Waals surface area contributed by atoms with Gasteiger partial charge in [0.1, 0.15) is 24.1 Å². The van der Waals surface area contributed by atoms with E-state index in [2.05, 4.69) is 31.3 Å². The van der Waals surface area contributed by atoms with Crippen LogP contribution in [0.25, 0.3) is 10.9 Å². The molecule has 0 unspecified atom stereocenters. The molecular formula is C21H30N2O5S. The Balaban J connectivity index is 1.68. The van der Waals surface area contributed by atoms with E-state index in [1.54, 1.807) is 7.11 Å². The van der Waals surface area contributed by atoms with Crippen molar-refractivity contribution in [3.63, 3.8) is 0 Å². The van der Waals surface area contributed by atoms with Gasteiger partial charge >= 0.3 is 5.97 Å². The van der Waals surface area contributed by atoms with Gasteiger partial charge in [-0.25, -0.2) is 0 Å². The Morgan fingerprint density at radius 2 is 2.10 bits per heavy atom. The third kappa shape index (κ3) is 5.45. The molecule has 8 heteroatoms. The molecule has 2 heterocycles. The minimum absolute atomic E-state index is 0.130. The molecule has 1 saturated heterocycles. The molecule has 1 aromatic carbocycles. The molecule has 2 aromatic rings. The number of nitrogens with zero attached hydrogens (tertiary/aromatic N) is 2. The Kier molecular flexibility index (Phi) is 7.10. The van der Waals surface area contributed by atoms with E-state index in [1.807, 2.05) is 30.0 Å². The van der Waals surface area contributed by atoms with Crippen molar-refractivity contribution in [1.29, 1.82) is 0 Å². The maximum absolute atomic E-state index is 12.4. The quantitative estimate of drug-likeness (QED) is 0.431. The normalized spacial score (nSPS) is 15.0. The zero-order valence-corrected chi connectivity index (χ0v) is 18.6. The van der Waals surface area contributed by atoms with Gasteiger partial charge in [0, 0.05) is 24.2 Å². The molecule has 0 bridgehead atoms. The molecule has 1 aliphatic heterocycles. The highest BCUT2D eigenvalue weighted by Gasteiger charge is 2.34. The second-order valence-corrected chi connectivity index (χ2v) is 8.98. The van der Waals surface area contributed by atoms with Crippen LogP contribution in [-0.4, -0.2) is 68.5 Å². The number of carbonyl (C=O) groups excluding carboxylic acids is 1. The highest BCUT2D eigenvalue weighted by molar-refractivity contribution is 7.93. The minimum Gasteiger partial charge on any atom is -0.497 e. The average Bonchev–Trinajstić information content (AvgIpc) is 2.99. The van der Waals surface area contributed by atoms with Crippen LogP contribution in [0.3, 0.4) is 0 Å². The van der Waals surface area contributed by atoms with Gasteiger partial charge in [-0.3, -0.25) is 13.0 Å². The number of esters is 1. The summed E-state index contributed by atoms with van der Waals surface area (Å²) in [5.41, 5.74) is 1.53. The van der Waals surface area contributed by atoms with Crippen LogP contribution in [0.1, 0.15) is 19.4 Å². The van der Waals surface area contributed by atoms with E-state index in [-0.39, 0.29) is 18.7 Å². The fourth-order valence-corrected chi connectivity index (χ4v) is 3.72. The van der Waals surface area contributed by atoms with Crippen LogP contribution >= 0.6 is 12.2 Å². The van der Waals surface area contributed by atoms with E-state index in [4.69, 9.17) is 18.4 Å². The first-order valence-electron chi connectivity index (χ1n) is 9.71. The summed E-state index contributed by atoms with van der Waals surface area (Å²) in [4.78, 5) is 14.5. The van der Waals surface area contributed by atoms with Crippen LogP contribution in [0.2, 0.25) is 0 Å². The van der Waals surface area contributed by atoms with Crippen LogP contribution in [-0.2, 0) is 24.9 Å². The van der Waals surface area contributed by atoms with Crippen molar-refractivity contribution in [2.45, 2.75) is 26.4 Å².